The number of carbonyl (C=O) groups is 1. The van der Waals surface area contributed by atoms with E-state index in [1.54, 1.807) is 6.07 Å². The van der Waals surface area contributed by atoms with E-state index >= 15 is 0 Å². The van der Waals surface area contributed by atoms with Gasteiger partial charge in [0, 0.05) is 10.4 Å². The maximum absolute atomic E-state index is 12.7. The van der Waals surface area contributed by atoms with Gasteiger partial charge in [0.2, 0.25) is 0 Å². The number of thiophene rings is 1. The molecule has 1 aromatic carbocycles. The monoisotopic (exact) mass is 283 g/mol. The fourth-order valence-corrected chi connectivity index (χ4v) is 2.58. The molecule has 0 aliphatic carbocycles. The zero-order valence-corrected chi connectivity index (χ0v) is 11.2. The number of carbonyl (C=O) groups excluding carboxylic acids is 1. The summed E-state index contributed by atoms with van der Waals surface area (Å²) in [6.07, 6.45) is 0. The number of rotatable bonds is 3. The molecular weight excluding hydrogens is 273 g/mol. The maximum Gasteiger partial charge on any atom is 0.251 e. The molecule has 1 amide bonds. The van der Waals surface area contributed by atoms with Crippen LogP contribution in [0.5, 0.6) is 0 Å². The minimum atomic E-state index is -0.357. The third-order valence-corrected chi connectivity index (χ3v) is 3.89. The average molecular weight is 284 g/mol. The molecule has 2 aromatic rings. The van der Waals surface area contributed by atoms with Gasteiger partial charge in [0.05, 0.1) is 10.4 Å². The van der Waals surface area contributed by atoms with Crippen molar-refractivity contribution in [1.29, 1.82) is 0 Å². The van der Waals surface area contributed by atoms with Crippen LogP contribution < -0.4 is 5.32 Å². The third-order valence-electron chi connectivity index (χ3n) is 2.47. The van der Waals surface area contributed by atoms with Gasteiger partial charge in [-0.1, -0.05) is 11.6 Å². The molecule has 18 heavy (non-hydrogen) atoms. The highest BCUT2D eigenvalue weighted by Gasteiger charge is 2.12. The summed E-state index contributed by atoms with van der Waals surface area (Å²) in [5, 5.41) is 2.84. The van der Waals surface area contributed by atoms with E-state index in [2.05, 4.69) is 5.32 Å². The first-order valence-corrected chi connectivity index (χ1v) is 6.57. The third kappa shape index (κ3) is 3.09. The highest BCUT2D eigenvalue weighted by Crippen LogP contribution is 2.26. The van der Waals surface area contributed by atoms with Crippen LogP contribution in [0.25, 0.3) is 0 Å². The lowest BCUT2D eigenvalue weighted by atomic mass is 10.2. The molecule has 0 bridgehead atoms. The molecule has 0 aliphatic heterocycles. The van der Waals surface area contributed by atoms with Gasteiger partial charge in [0.15, 0.2) is 0 Å². The van der Waals surface area contributed by atoms with Crippen molar-refractivity contribution in [1.82, 2.24) is 5.32 Å². The van der Waals surface area contributed by atoms with Crippen molar-refractivity contribution in [2.45, 2.75) is 13.0 Å². The van der Waals surface area contributed by atoms with Crippen molar-refractivity contribution in [2.24, 2.45) is 0 Å². The molecule has 2 rings (SSSR count). The van der Waals surface area contributed by atoms with Crippen LogP contribution >= 0.6 is 22.9 Å². The first-order valence-electron chi connectivity index (χ1n) is 5.38. The topological polar surface area (TPSA) is 29.1 Å². The van der Waals surface area contributed by atoms with Gasteiger partial charge in [-0.15, -0.1) is 11.3 Å². The molecule has 0 fully saturated rings. The second-order valence-electron chi connectivity index (χ2n) is 3.84. The van der Waals surface area contributed by atoms with E-state index in [0.29, 0.717) is 9.90 Å². The van der Waals surface area contributed by atoms with Gasteiger partial charge in [-0.2, -0.15) is 0 Å². The molecule has 1 N–H and O–H groups in total. The minimum Gasteiger partial charge on any atom is -0.345 e. The lowest BCUT2D eigenvalue weighted by Crippen LogP contribution is -2.26. The first-order chi connectivity index (χ1) is 8.56. The Hall–Kier alpha value is -1.39. The first kappa shape index (κ1) is 13.1. The number of halogens is 2. The van der Waals surface area contributed by atoms with Crippen molar-refractivity contribution in [2.75, 3.05) is 0 Å². The van der Waals surface area contributed by atoms with Crippen molar-refractivity contribution in [3.8, 4) is 0 Å². The Morgan fingerprint density at radius 1 is 1.28 bits per heavy atom. The van der Waals surface area contributed by atoms with Crippen LogP contribution in [0.3, 0.4) is 0 Å². The van der Waals surface area contributed by atoms with E-state index in [9.17, 15) is 9.18 Å². The number of hydrogen-bond donors (Lipinski definition) is 1. The predicted molar refractivity (Wildman–Crippen MR) is 71.6 cm³/mol. The molecule has 2 nitrogen and oxygen atoms in total. The van der Waals surface area contributed by atoms with E-state index in [0.717, 1.165) is 4.88 Å². The van der Waals surface area contributed by atoms with Crippen LogP contribution in [0, 0.1) is 5.82 Å². The van der Waals surface area contributed by atoms with E-state index in [-0.39, 0.29) is 17.8 Å². The van der Waals surface area contributed by atoms with Gasteiger partial charge in [-0.3, -0.25) is 4.79 Å². The Morgan fingerprint density at radius 2 is 1.94 bits per heavy atom. The summed E-state index contributed by atoms with van der Waals surface area (Å²) < 4.78 is 13.4. The quantitative estimate of drug-likeness (QED) is 0.905. The largest absolute Gasteiger partial charge is 0.345 e. The summed E-state index contributed by atoms with van der Waals surface area (Å²) in [5.74, 6) is -0.586. The lowest BCUT2D eigenvalue weighted by molar-refractivity contribution is 0.0940. The van der Waals surface area contributed by atoms with Crippen molar-refractivity contribution in [3.05, 3.63) is 57.0 Å². The molecule has 0 unspecified atom stereocenters. The van der Waals surface area contributed by atoms with E-state index in [4.69, 9.17) is 11.6 Å². The van der Waals surface area contributed by atoms with Crippen LogP contribution in [0.2, 0.25) is 4.34 Å². The summed E-state index contributed by atoms with van der Waals surface area (Å²) in [7, 11) is 0. The number of hydrogen-bond acceptors (Lipinski definition) is 2. The highest BCUT2D eigenvalue weighted by atomic mass is 35.5. The molecule has 0 radical (unpaired) electrons. The molecule has 5 heteroatoms. The zero-order chi connectivity index (χ0) is 13.1. The molecule has 0 aliphatic rings. The van der Waals surface area contributed by atoms with Crippen LogP contribution in [0.1, 0.15) is 28.2 Å². The van der Waals surface area contributed by atoms with E-state index in [1.807, 2.05) is 13.0 Å². The molecule has 94 valence electrons. The summed E-state index contributed by atoms with van der Waals surface area (Å²) in [6.45, 7) is 1.88. The van der Waals surface area contributed by atoms with Crippen molar-refractivity contribution >= 4 is 28.8 Å². The lowest BCUT2D eigenvalue weighted by Gasteiger charge is -2.12. The van der Waals surface area contributed by atoms with Gasteiger partial charge in [-0.05, 0) is 43.3 Å². The average Bonchev–Trinajstić information content (AvgIpc) is 2.76. The molecule has 0 spiro atoms. The SMILES string of the molecule is C[C@H](NC(=O)c1ccc(F)cc1)c1ccc(Cl)s1. The molecule has 1 heterocycles. The van der Waals surface area contributed by atoms with Crippen LogP contribution in [-0.2, 0) is 0 Å². The second-order valence-corrected chi connectivity index (χ2v) is 5.59. The molecule has 0 saturated carbocycles. The summed E-state index contributed by atoms with van der Waals surface area (Å²) in [4.78, 5) is 12.9. The van der Waals surface area contributed by atoms with Gasteiger partial charge in [-0.25, -0.2) is 4.39 Å². The summed E-state index contributed by atoms with van der Waals surface area (Å²) >= 11 is 7.27. The molecule has 1 atom stereocenters. The van der Waals surface area contributed by atoms with Crippen molar-refractivity contribution in [3.63, 3.8) is 0 Å². The van der Waals surface area contributed by atoms with Gasteiger partial charge in [0.1, 0.15) is 5.82 Å². The van der Waals surface area contributed by atoms with Crippen LogP contribution in [0.15, 0.2) is 36.4 Å². The Bertz CT molecular complexity index is 552. The minimum absolute atomic E-state index is 0.125. The van der Waals surface area contributed by atoms with Crippen molar-refractivity contribution < 1.29 is 9.18 Å². The Morgan fingerprint density at radius 3 is 2.50 bits per heavy atom. The fourth-order valence-electron chi connectivity index (χ4n) is 1.51. The van der Waals surface area contributed by atoms with E-state index < -0.39 is 0 Å². The summed E-state index contributed by atoms with van der Waals surface area (Å²) in [6, 6.07) is 8.99. The van der Waals surface area contributed by atoms with Gasteiger partial charge < -0.3 is 5.32 Å². The van der Waals surface area contributed by atoms with E-state index in [1.165, 1.54) is 35.6 Å². The second kappa shape index (κ2) is 5.50. The summed E-state index contributed by atoms with van der Waals surface area (Å²) in [5.41, 5.74) is 0.436. The van der Waals surface area contributed by atoms with Crippen LogP contribution in [-0.4, -0.2) is 5.91 Å². The Balaban J connectivity index is 2.05. The van der Waals surface area contributed by atoms with Crippen LogP contribution in [0.4, 0.5) is 4.39 Å². The highest BCUT2D eigenvalue weighted by molar-refractivity contribution is 7.16. The number of benzene rings is 1. The maximum atomic E-state index is 12.7. The molecule has 0 saturated heterocycles. The number of nitrogens with one attached hydrogen (secondary N) is 1. The Labute approximate surface area is 113 Å². The number of amides is 1. The van der Waals surface area contributed by atoms with Gasteiger partial charge in [0.25, 0.3) is 5.91 Å². The Kier molecular flexibility index (Phi) is 3.99. The molecular formula is C13H11ClFNOS. The zero-order valence-electron chi connectivity index (χ0n) is 9.61. The smallest absolute Gasteiger partial charge is 0.251 e. The predicted octanol–water partition coefficient (Wildman–Crippen LogP) is 4.03. The standard InChI is InChI=1S/C13H11ClFNOS/c1-8(11-6-7-12(14)18-11)16-13(17)9-2-4-10(15)5-3-9/h2-8H,1H3,(H,16,17)/t8-/m0/s1. The molecule has 1 aromatic heterocycles. The normalized spacial score (nSPS) is 12.2. The van der Waals surface area contributed by atoms with Gasteiger partial charge >= 0.3 is 0 Å². The fraction of sp³-hybridized carbons (Fsp3) is 0.154.